The van der Waals surface area contributed by atoms with Crippen LogP contribution < -0.4 is 5.73 Å². The van der Waals surface area contributed by atoms with Gasteiger partial charge in [0, 0.05) is 28.8 Å². The Hall–Kier alpha value is -0.580. The maximum absolute atomic E-state index is 6.06. The number of nitrogen functional groups attached to an aromatic ring is 1. The van der Waals surface area contributed by atoms with Crippen molar-refractivity contribution in [3.8, 4) is 0 Å². The number of nitrogens with zero attached hydrogens (tertiary/aromatic N) is 2. The van der Waals surface area contributed by atoms with E-state index in [1.54, 1.807) is 0 Å². The van der Waals surface area contributed by atoms with Gasteiger partial charge in [0.05, 0.1) is 0 Å². The third-order valence-corrected chi connectivity index (χ3v) is 4.73. The van der Waals surface area contributed by atoms with Gasteiger partial charge in [0.15, 0.2) is 0 Å². The summed E-state index contributed by atoms with van der Waals surface area (Å²) in [6.45, 7) is 4.54. The number of halogens is 1. The molecule has 2 N–H and O–H groups in total. The van der Waals surface area contributed by atoms with Crippen LogP contribution >= 0.6 is 15.9 Å². The van der Waals surface area contributed by atoms with Crippen molar-refractivity contribution in [3.05, 3.63) is 28.2 Å². The molecular formula is C15H24BrN3. The van der Waals surface area contributed by atoms with E-state index in [-0.39, 0.29) is 0 Å². The molecule has 0 amide bonds. The summed E-state index contributed by atoms with van der Waals surface area (Å²) < 4.78 is 1.11. The molecule has 2 rings (SSSR count). The summed E-state index contributed by atoms with van der Waals surface area (Å²) in [7, 11) is 4.40. The molecule has 19 heavy (non-hydrogen) atoms. The van der Waals surface area contributed by atoms with Gasteiger partial charge in [-0.1, -0.05) is 22.0 Å². The summed E-state index contributed by atoms with van der Waals surface area (Å²) in [4.78, 5) is 4.81. The topological polar surface area (TPSA) is 32.5 Å². The first-order valence-corrected chi connectivity index (χ1v) is 7.75. The van der Waals surface area contributed by atoms with Crippen LogP contribution in [0.4, 0.5) is 5.69 Å². The normalized spacial score (nSPS) is 18.1. The zero-order valence-corrected chi connectivity index (χ0v) is 13.5. The van der Waals surface area contributed by atoms with Crippen molar-refractivity contribution in [1.29, 1.82) is 0 Å². The van der Waals surface area contributed by atoms with Gasteiger partial charge in [0.1, 0.15) is 0 Å². The Bertz CT molecular complexity index is 394. The molecule has 1 aromatic carbocycles. The van der Waals surface area contributed by atoms with Crippen LogP contribution in [0.15, 0.2) is 22.7 Å². The monoisotopic (exact) mass is 325 g/mol. The molecule has 1 saturated heterocycles. The first-order valence-electron chi connectivity index (χ1n) is 6.96. The minimum absolute atomic E-state index is 0.824. The summed E-state index contributed by atoms with van der Waals surface area (Å²) >= 11 is 3.60. The maximum Gasteiger partial charge on any atom is 0.0371 e. The Morgan fingerprint density at radius 1 is 1.37 bits per heavy atom. The van der Waals surface area contributed by atoms with Crippen LogP contribution in [0.2, 0.25) is 0 Å². The Kier molecular flexibility index (Phi) is 5.25. The largest absolute Gasteiger partial charge is 0.398 e. The van der Waals surface area contributed by atoms with Gasteiger partial charge < -0.3 is 15.5 Å². The van der Waals surface area contributed by atoms with E-state index in [0.717, 1.165) is 29.2 Å². The van der Waals surface area contributed by atoms with Crippen molar-refractivity contribution in [1.82, 2.24) is 9.80 Å². The predicted molar refractivity (Wildman–Crippen MR) is 85.1 cm³/mol. The molecule has 0 radical (unpaired) electrons. The van der Waals surface area contributed by atoms with Crippen LogP contribution in [0.25, 0.3) is 0 Å². The molecule has 3 nitrogen and oxygen atoms in total. The summed E-state index contributed by atoms with van der Waals surface area (Å²) in [5.41, 5.74) is 8.14. The second-order valence-electron chi connectivity index (χ2n) is 5.75. The molecule has 0 aromatic heterocycles. The lowest BCUT2D eigenvalue weighted by molar-refractivity contribution is 0.173. The number of hydrogen-bond donors (Lipinski definition) is 1. The van der Waals surface area contributed by atoms with Gasteiger partial charge in [0.2, 0.25) is 0 Å². The van der Waals surface area contributed by atoms with Gasteiger partial charge in [-0.3, -0.25) is 0 Å². The lowest BCUT2D eigenvalue weighted by Gasteiger charge is -2.31. The zero-order chi connectivity index (χ0) is 13.8. The highest BCUT2D eigenvalue weighted by Crippen LogP contribution is 2.25. The average molecular weight is 326 g/mol. The average Bonchev–Trinajstić information content (AvgIpc) is 2.37. The van der Waals surface area contributed by atoms with Crippen LogP contribution in [0, 0.1) is 5.92 Å². The van der Waals surface area contributed by atoms with Crippen molar-refractivity contribution in [2.24, 2.45) is 5.92 Å². The maximum atomic E-state index is 6.06. The molecule has 0 atom stereocenters. The second kappa shape index (κ2) is 6.73. The fourth-order valence-corrected chi connectivity index (χ4v) is 3.27. The number of anilines is 1. The predicted octanol–water partition coefficient (Wildman–Crippen LogP) is 2.80. The fraction of sp³-hybridized carbons (Fsp3) is 0.600. The number of benzene rings is 1. The van der Waals surface area contributed by atoms with Crippen molar-refractivity contribution in [3.63, 3.8) is 0 Å². The molecule has 1 fully saturated rings. The van der Waals surface area contributed by atoms with E-state index in [9.17, 15) is 0 Å². The highest BCUT2D eigenvalue weighted by molar-refractivity contribution is 9.10. The highest BCUT2D eigenvalue weighted by atomic mass is 79.9. The van der Waals surface area contributed by atoms with E-state index in [2.05, 4.69) is 45.9 Å². The first-order chi connectivity index (χ1) is 9.06. The molecule has 1 heterocycles. The summed E-state index contributed by atoms with van der Waals surface area (Å²) in [5, 5.41) is 0. The van der Waals surface area contributed by atoms with Gasteiger partial charge >= 0.3 is 0 Å². The summed E-state index contributed by atoms with van der Waals surface area (Å²) in [5.74, 6) is 0.824. The molecule has 0 saturated carbocycles. The van der Waals surface area contributed by atoms with Crippen LogP contribution in [0.5, 0.6) is 0 Å². The lowest BCUT2D eigenvalue weighted by atomic mass is 9.96. The Labute approximate surface area is 124 Å². The number of nitrogens with two attached hydrogens (primary N) is 1. The Morgan fingerprint density at radius 2 is 2.05 bits per heavy atom. The molecule has 0 unspecified atom stereocenters. The third-order valence-electron chi connectivity index (χ3n) is 3.99. The van der Waals surface area contributed by atoms with E-state index in [1.165, 1.54) is 31.5 Å². The van der Waals surface area contributed by atoms with Gasteiger partial charge in [-0.15, -0.1) is 0 Å². The van der Waals surface area contributed by atoms with Crippen LogP contribution in [0.1, 0.15) is 18.4 Å². The molecule has 106 valence electrons. The van der Waals surface area contributed by atoms with Crippen molar-refractivity contribution in [2.45, 2.75) is 19.4 Å². The van der Waals surface area contributed by atoms with E-state index in [1.807, 2.05) is 12.1 Å². The van der Waals surface area contributed by atoms with E-state index < -0.39 is 0 Å². The molecule has 1 aromatic rings. The van der Waals surface area contributed by atoms with E-state index in [0.29, 0.717) is 0 Å². The summed E-state index contributed by atoms with van der Waals surface area (Å²) in [6, 6.07) is 6.03. The molecule has 1 aliphatic heterocycles. The number of hydrogen-bond acceptors (Lipinski definition) is 3. The number of piperidine rings is 1. The highest BCUT2D eigenvalue weighted by Gasteiger charge is 2.18. The van der Waals surface area contributed by atoms with E-state index in [4.69, 9.17) is 5.73 Å². The second-order valence-corrected chi connectivity index (χ2v) is 6.61. The minimum atomic E-state index is 0.824. The molecule has 0 bridgehead atoms. The van der Waals surface area contributed by atoms with Crippen LogP contribution in [-0.2, 0) is 6.54 Å². The van der Waals surface area contributed by atoms with E-state index >= 15 is 0 Å². The van der Waals surface area contributed by atoms with Crippen molar-refractivity contribution in [2.75, 3.05) is 39.5 Å². The van der Waals surface area contributed by atoms with Crippen molar-refractivity contribution >= 4 is 21.6 Å². The Morgan fingerprint density at radius 3 is 2.68 bits per heavy atom. The SMILES string of the molecule is CN1CCC(CN(C)Cc2c(N)cccc2Br)CC1. The van der Waals surface area contributed by atoms with Gasteiger partial charge in [-0.25, -0.2) is 0 Å². The van der Waals surface area contributed by atoms with Crippen molar-refractivity contribution < 1.29 is 0 Å². The van der Waals surface area contributed by atoms with Crippen LogP contribution in [0.3, 0.4) is 0 Å². The van der Waals surface area contributed by atoms with Crippen LogP contribution in [-0.4, -0.2) is 43.5 Å². The Balaban J connectivity index is 1.89. The number of likely N-dealkylation sites (tertiary alicyclic amines) is 1. The smallest absolute Gasteiger partial charge is 0.0371 e. The molecule has 0 spiro atoms. The molecule has 4 heteroatoms. The molecule has 1 aliphatic rings. The lowest BCUT2D eigenvalue weighted by Crippen LogP contribution is -2.35. The van der Waals surface area contributed by atoms with Gasteiger partial charge in [-0.2, -0.15) is 0 Å². The first kappa shape index (κ1) is 14.8. The zero-order valence-electron chi connectivity index (χ0n) is 11.9. The fourth-order valence-electron chi connectivity index (χ4n) is 2.76. The van der Waals surface area contributed by atoms with Gasteiger partial charge in [0.25, 0.3) is 0 Å². The summed E-state index contributed by atoms with van der Waals surface area (Å²) in [6.07, 6.45) is 2.62. The van der Waals surface area contributed by atoms with Gasteiger partial charge in [-0.05, 0) is 58.1 Å². The third kappa shape index (κ3) is 4.20. The minimum Gasteiger partial charge on any atom is -0.398 e. The number of rotatable bonds is 4. The standard InChI is InChI=1S/C15H24BrN3/c1-18-8-6-12(7-9-18)10-19(2)11-13-14(16)4-3-5-15(13)17/h3-5,12H,6-11,17H2,1-2H3. The molecule has 0 aliphatic carbocycles. The quantitative estimate of drug-likeness (QED) is 0.864. The molecular weight excluding hydrogens is 302 g/mol.